The highest BCUT2D eigenvalue weighted by molar-refractivity contribution is 8.00. The quantitative estimate of drug-likeness (QED) is 0.397. The van der Waals surface area contributed by atoms with E-state index >= 15 is 0 Å². The van der Waals surface area contributed by atoms with Crippen molar-refractivity contribution in [1.82, 2.24) is 15.3 Å². The van der Waals surface area contributed by atoms with Gasteiger partial charge in [-0.1, -0.05) is 71.4 Å². The van der Waals surface area contributed by atoms with Gasteiger partial charge < -0.3 is 14.7 Å². The zero-order valence-corrected chi connectivity index (χ0v) is 17.8. The molecule has 1 amide bonds. The highest BCUT2D eigenvalue weighted by Gasteiger charge is 2.16. The van der Waals surface area contributed by atoms with Crippen LogP contribution in [-0.2, 0) is 11.3 Å². The number of amides is 1. The summed E-state index contributed by atoms with van der Waals surface area (Å²) in [4.78, 5) is 20.6. The van der Waals surface area contributed by atoms with Crippen LogP contribution in [0.4, 0.5) is 0 Å². The molecule has 2 heterocycles. The Kier molecular flexibility index (Phi) is 6.05. The van der Waals surface area contributed by atoms with Crippen molar-refractivity contribution in [2.75, 3.05) is 5.75 Å². The number of hydrogen-bond acceptors (Lipinski definition) is 4. The normalized spacial score (nSPS) is 10.9. The number of aromatic nitrogens is 2. The SMILES string of the molecule is Cc1ccc(-c2nc(SCC(=O)NCc3ccco3)c(-c3ccc(C)cc3)[nH]2)cc1. The number of aromatic amines is 1. The number of benzene rings is 2. The molecular formula is C24H23N3O2S. The maximum Gasteiger partial charge on any atom is 0.230 e. The smallest absolute Gasteiger partial charge is 0.230 e. The third kappa shape index (κ3) is 4.83. The minimum atomic E-state index is -0.0638. The maximum atomic E-state index is 12.3. The van der Waals surface area contributed by atoms with Gasteiger partial charge in [0.1, 0.15) is 16.6 Å². The first-order valence-electron chi connectivity index (χ1n) is 9.74. The lowest BCUT2D eigenvalue weighted by Crippen LogP contribution is -2.24. The average Bonchev–Trinajstić information content (AvgIpc) is 3.42. The first-order chi connectivity index (χ1) is 14.6. The highest BCUT2D eigenvalue weighted by atomic mass is 32.2. The summed E-state index contributed by atoms with van der Waals surface area (Å²) in [7, 11) is 0. The van der Waals surface area contributed by atoms with E-state index in [1.807, 2.05) is 6.07 Å². The zero-order valence-electron chi connectivity index (χ0n) is 16.9. The van der Waals surface area contributed by atoms with Crippen molar-refractivity contribution in [3.8, 4) is 22.6 Å². The number of carbonyl (C=O) groups is 1. The number of hydrogen-bond donors (Lipinski definition) is 2. The van der Waals surface area contributed by atoms with Crippen LogP contribution >= 0.6 is 11.8 Å². The summed E-state index contributed by atoms with van der Waals surface area (Å²) in [5.74, 6) is 1.74. The summed E-state index contributed by atoms with van der Waals surface area (Å²) in [6, 6.07) is 20.2. The van der Waals surface area contributed by atoms with Gasteiger partial charge in [0.25, 0.3) is 0 Å². The lowest BCUT2D eigenvalue weighted by atomic mass is 10.1. The highest BCUT2D eigenvalue weighted by Crippen LogP contribution is 2.32. The first-order valence-corrected chi connectivity index (χ1v) is 10.7. The van der Waals surface area contributed by atoms with Crippen molar-refractivity contribution in [2.45, 2.75) is 25.4 Å². The Morgan fingerprint density at radius 2 is 1.67 bits per heavy atom. The van der Waals surface area contributed by atoms with Crippen LogP contribution < -0.4 is 5.32 Å². The van der Waals surface area contributed by atoms with E-state index in [0.29, 0.717) is 6.54 Å². The minimum Gasteiger partial charge on any atom is -0.467 e. The molecule has 0 atom stereocenters. The van der Waals surface area contributed by atoms with Gasteiger partial charge in [0, 0.05) is 11.1 Å². The molecule has 5 nitrogen and oxygen atoms in total. The van der Waals surface area contributed by atoms with E-state index in [1.165, 1.54) is 22.9 Å². The van der Waals surface area contributed by atoms with Crippen LogP contribution in [0, 0.1) is 13.8 Å². The number of rotatable bonds is 7. The predicted molar refractivity (Wildman–Crippen MR) is 120 cm³/mol. The van der Waals surface area contributed by atoms with E-state index in [2.05, 4.69) is 72.7 Å². The van der Waals surface area contributed by atoms with E-state index in [0.717, 1.165) is 33.4 Å². The summed E-state index contributed by atoms with van der Waals surface area (Å²) in [6.07, 6.45) is 1.60. The van der Waals surface area contributed by atoms with Gasteiger partial charge in [-0.15, -0.1) is 0 Å². The molecule has 0 saturated heterocycles. The van der Waals surface area contributed by atoms with E-state index in [9.17, 15) is 4.79 Å². The fraction of sp³-hybridized carbons (Fsp3) is 0.167. The number of thioether (sulfide) groups is 1. The molecule has 0 unspecified atom stereocenters. The van der Waals surface area contributed by atoms with E-state index in [1.54, 1.807) is 12.3 Å². The molecule has 6 heteroatoms. The topological polar surface area (TPSA) is 70.9 Å². The second-order valence-corrected chi connectivity index (χ2v) is 8.11. The van der Waals surface area contributed by atoms with Gasteiger partial charge in [-0.05, 0) is 26.0 Å². The number of aryl methyl sites for hydroxylation is 2. The molecule has 4 rings (SSSR count). The Morgan fingerprint density at radius 3 is 2.30 bits per heavy atom. The molecule has 152 valence electrons. The maximum absolute atomic E-state index is 12.3. The number of furan rings is 1. The van der Waals surface area contributed by atoms with Crippen molar-refractivity contribution in [3.63, 3.8) is 0 Å². The molecule has 2 N–H and O–H groups in total. The fourth-order valence-corrected chi connectivity index (χ4v) is 3.85. The van der Waals surface area contributed by atoms with E-state index in [4.69, 9.17) is 9.40 Å². The Hall–Kier alpha value is -3.25. The van der Waals surface area contributed by atoms with Gasteiger partial charge in [-0.25, -0.2) is 4.98 Å². The molecule has 0 aliphatic carbocycles. The second kappa shape index (κ2) is 9.05. The fourth-order valence-electron chi connectivity index (χ4n) is 3.01. The van der Waals surface area contributed by atoms with Crippen LogP contribution in [0.25, 0.3) is 22.6 Å². The molecule has 2 aromatic carbocycles. The molecular weight excluding hydrogens is 394 g/mol. The van der Waals surface area contributed by atoms with Gasteiger partial charge >= 0.3 is 0 Å². The Bertz CT molecular complexity index is 1110. The number of nitrogens with one attached hydrogen (secondary N) is 2. The molecule has 30 heavy (non-hydrogen) atoms. The Balaban J connectivity index is 1.54. The molecule has 4 aromatic rings. The third-order valence-corrected chi connectivity index (χ3v) is 5.69. The van der Waals surface area contributed by atoms with E-state index in [-0.39, 0.29) is 11.7 Å². The van der Waals surface area contributed by atoms with Crippen LogP contribution in [-0.4, -0.2) is 21.6 Å². The monoisotopic (exact) mass is 417 g/mol. The molecule has 0 bridgehead atoms. The van der Waals surface area contributed by atoms with Crippen molar-refractivity contribution in [1.29, 1.82) is 0 Å². The lowest BCUT2D eigenvalue weighted by Gasteiger charge is -2.04. The Labute approximate surface area is 179 Å². The Morgan fingerprint density at radius 1 is 1.00 bits per heavy atom. The van der Waals surface area contributed by atoms with Crippen LogP contribution in [0.5, 0.6) is 0 Å². The first kappa shape index (κ1) is 20.0. The average molecular weight is 418 g/mol. The van der Waals surface area contributed by atoms with Crippen molar-refractivity contribution in [2.24, 2.45) is 0 Å². The van der Waals surface area contributed by atoms with Gasteiger partial charge in [-0.2, -0.15) is 0 Å². The summed E-state index contributed by atoms with van der Waals surface area (Å²) < 4.78 is 5.26. The van der Waals surface area contributed by atoms with Crippen molar-refractivity contribution < 1.29 is 9.21 Å². The summed E-state index contributed by atoms with van der Waals surface area (Å²) in [5, 5.41) is 3.68. The zero-order chi connectivity index (χ0) is 20.9. The summed E-state index contributed by atoms with van der Waals surface area (Å²) in [5.41, 5.74) is 5.39. The van der Waals surface area contributed by atoms with E-state index < -0.39 is 0 Å². The number of nitrogens with zero attached hydrogens (tertiary/aromatic N) is 1. The van der Waals surface area contributed by atoms with Crippen LogP contribution in [0.2, 0.25) is 0 Å². The van der Waals surface area contributed by atoms with Gasteiger partial charge in [0.15, 0.2) is 0 Å². The standard InChI is InChI=1S/C24H23N3O2S/c1-16-5-9-18(10-6-16)22-24(27-23(26-22)19-11-7-17(2)8-12-19)30-15-21(28)25-14-20-4-3-13-29-20/h3-13H,14-15H2,1-2H3,(H,25,28)(H,26,27). The molecule has 0 spiro atoms. The van der Waals surface area contributed by atoms with Gasteiger partial charge in [-0.3, -0.25) is 4.79 Å². The largest absolute Gasteiger partial charge is 0.467 e. The van der Waals surface area contributed by atoms with Crippen LogP contribution in [0.3, 0.4) is 0 Å². The van der Waals surface area contributed by atoms with Gasteiger partial charge in [0.2, 0.25) is 5.91 Å². The van der Waals surface area contributed by atoms with Crippen molar-refractivity contribution >= 4 is 17.7 Å². The number of imidazole rings is 1. The number of carbonyl (C=O) groups excluding carboxylic acids is 1. The van der Waals surface area contributed by atoms with Gasteiger partial charge in [0.05, 0.1) is 24.3 Å². The molecule has 0 fully saturated rings. The molecule has 2 aromatic heterocycles. The minimum absolute atomic E-state index is 0.0638. The second-order valence-electron chi connectivity index (χ2n) is 7.14. The summed E-state index contributed by atoms with van der Waals surface area (Å²) >= 11 is 1.43. The lowest BCUT2D eigenvalue weighted by molar-refractivity contribution is -0.118. The molecule has 0 saturated carbocycles. The summed E-state index contributed by atoms with van der Waals surface area (Å²) in [6.45, 7) is 4.51. The number of H-pyrrole nitrogens is 1. The van der Waals surface area contributed by atoms with Crippen LogP contribution in [0.15, 0.2) is 76.4 Å². The van der Waals surface area contributed by atoms with Crippen LogP contribution in [0.1, 0.15) is 16.9 Å². The molecule has 0 aliphatic heterocycles. The molecule has 0 radical (unpaired) electrons. The third-order valence-electron chi connectivity index (χ3n) is 4.72. The predicted octanol–water partition coefficient (Wildman–Crippen LogP) is 5.36. The molecule has 0 aliphatic rings. The van der Waals surface area contributed by atoms with Crippen molar-refractivity contribution in [3.05, 3.63) is 83.8 Å².